The molecule has 1 heterocycles. The van der Waals surface area contributed by atoms with Gasteiger partial charge in [0.2, 0.25) is 5.95 Å². The van der Waals surface area contributed by atoms with Crippen LogP contribution in [0.15, 0.2) is 89.8 Å². The molecular weight excluding hydrogens is 476 g/mol. The second-order valence-electron chi connectivity index (χ2n) is 8.17. The van der Waals surface area contributed by atoms with E-state index in [9.17, 15) is 13.2 Å². The first-order valence-electron chi connectivity index (χ1n) is 11.3. The number of aromatic nitrogens is 2. The highest BCUT2D eigenvalue weighted by molar-refractivity contribution is 7.92. The first-order chi connectivity index (χ1) is 17.3. The van der Waals surface area contributed by atoms with E-state index in [4.69, 9.17) is 4.74 Å². The molecule has 0 spiro atoms. The van der Waals surface area contributed by atoms with Crippen molar-refractivity contribution in [3.05, 3.63) is 107 Å². The summed E-state index contributed by atoms with van der Waals surface area (Å²) in [4.78, 5) is 21.0. The lowest BCUT2D eigenvalue weighted by Gasteiger charge is -2.10. The van der Waals surface area contributed by atoms with Crippen molar-refractivity contribution >= 4 is 27.6 Å². The Kier molecular flexibility index (Phi) is 7.60. The Morgan fingerprint density at radius 2 is 1.56 bits per heavy atom. The number of amides is 1. The molecule has 1 amide bonds. The topological polar surface area (TPSA) is 110 Å². The van der Waals surface area contributed by atoms with Crippen LogP contribution in [0.1, 0.15) is 27.3 Å². The Hall–Kier alpha value is -4.24. The minimum atomic E-state index is -3.88. The van der Waals surface area contributed by atoms with Crippen LogP contribution in [-0.2, 0) is 16.4 Å². The van der Waals surface area contributed by atoms with E-state index in [0.29, 0.717) is 35.0 Å². The van der Waals surface area contributed by atoms with Crippen LogP contribution in [0.5, 0.6) is 5.75 Å². The standard InChI is InChI=1S/C27H26N4O4S/c1-19-17-20(2)29-27(28-19)31-36(33,34)25-13-11-23(12-14-25)30-26(32)22-9-6-10-24(18-22)35-16-15-21-7-4-3-5-8-21/h3-14,17-18H,15-16H2,1-2H3,(H,30,32)(H,28,29,31). The minimum Gasteiger partial charge on any atom is -0.493 e. The lowest BCUT2D eigenvalue weighted by atomic mass is 10.1. The third-order valence-electron chi connectivity index (χ3n) is 5.23. The number of nitrogens with one attached hydrogen (secondary N) is 2. The quantitative estimate of drug-likeness (QED) is 0.341. The summed E-state index contributed by atoms with van der Waals surface area (Å²) >= 11 is 0. The first kappa shape index (κ1) is 24.9. The minimum absolute atomic E-state index is 0.00995. The Labute approximate surface area is 210 Å². The zero-order chi connectivity index (χ0) is 25.5. The van der Waals surface area contributed by atoms with Crippen molar-refractivity contribution in [1.29, 1.82) is 0 Å². The van der Waals surface area contributed by atoms with Gasteiger partial charge in [-0.05, 0) is 67.9 Å². The highest BCUT2D eigenvalue weighted by atomic mass is 32.2. The molecule has 0 bridgehead atoms. The summed E-state index contributed by atoms with van der Waals surface area (Å²) in [5.41, 5.74) is 3.37. The molecule has 4 aromatic rings. The highest BCUT2D eigenvalue weighted by Gasteiger charge is 2.16. The Morgan fingerprint density at radius 1 is 0.861 bits per heavy atom. The van der Waals surface area contributed by atoms with E-state index in [1.165, 1.54) is 29.8 Å². The van der Waals surface area contributed by atoms with Crippen LogP contribution < -0.4 is 14.8 Å². The zero-order valence-electron chi connectivity index (χ0n) is 19.9. The molecule has 36 heavy (non-hydrogen) atoms. The molecule has 4 rings (SSSR count). The zero-order valence-corrected chi connectivity index (χ0v) is 20.7. The summed E-state index contributed by atoms with van der Waals surface area (Å²) in [6, 6.07) is 24.5. The number of sulfonamides is 1. The fourth-order valence-corrected chi connectivity index (χ4v) is 4.47. The van der Waals surface area contributed by atoms with Gasteiger partial charge in [0.25, 0.3) is 15.9 Å². The van der Waals surface area contributed by atoms with Crippen molar-refractivity contribution in [2.24, 2.45) is 0 Å². The van der Waals surface area contributed by atoms with Gasteiger partial charge in [0.05, 0.1) is 11.5 Å². The summed E-state index contributed by atoms with van der Waals surface area (Å²) in [5, 5.41) is 2.78. The van der Waals surface area contributed by atoms with Gasteiger partial charge in [-0.3, -0.25) is 4.79 Å². The predicted molar refractivity (Wildman–Crippen MR) is 139 cm³/mol. The van der Waals surface area contributed by atoms with E-state index >= 15 is 0 Å². The maximum absolute atomic E-state index is 12.7. The van der Waals surface area contributed by atoms with Gasteiger partial charge in [-0.15, -0.1) is 0 Å². The van der Waals surface area contributed by atoms with Gasteiger partial charge in [-0.25, -0.2) is 23.1 Å². The molecule has 0 aliphatic heterocycles. The largest absolute Gasteiger partial charge is 0.493 e. The van der Waals surface area contributed by atoms with Crippen molar-refractivity contribution < 1.29 is 17.9 Å². The number of nitrogens with zero attached hydrogens (tertiary/aromatic N) is 2. The van der Waals surface area contributed by atoms with Crippen molar-refractivity contribution in [1.82, 2.24) is 9.97 Å². The second kappa shape index (κ2) is 11.0. The van der Waals surface area contributed by atoms with Crippen molar-refractivity contribution in [2.45, 2.75) is 25.2 Å². The third-order valence-corrected chi connectivity index (χ3v) is 6.57. The van der Waals surface area contributed by atoms with Crippen molar-refractivity contribution in [3.63, 3.8) is 0 Å². The molecule has 9 heteroatoms. The van der Waals surface area contributed by atoms with Crippen LogP contribution >= 0.6 is 0 Å². The van der Waals surface area contributed by atoms with Gasteiger partial charge in [-0.2, -0.15) is 0 Å². The van der Waals surface area contributed by atoms with E-state index in [0.717, 1.165) is 6.42 Å². The van der Waals surface area contributed by atoms with Crippen molar-refractivity contribution in [2.75, 3.05) is 16.6 Å². The van der Waals surface area contributed by atoms with E-state index < -0.39 is 10.0 Å². The summed E-state index contributed by atoms with van der Waals surface area (Å²) in [5.74, 6) is 0.274. The molecule has 0 unspecified atom stereocenters. The Bertz CT molecular complexity index is 1440. The van der Waals surface area contributed by atoms with Gasteiger partial charge in [0.1, 0.15) is 5.75 Å². The molecule has 1 aromatic heterocycles. The van der Waals surface area contributed by atoms with Crippen LogP contribution in [-0.4, -0.2) is 30.9 Å². The maximum Gasteiger partial charge on any atom is 0.264 e. The van der Waals surface area contributed by atoms with Crippen LogP contribution in [0, 0.1) is 13.8 Å². The lowest BCUT2D eigenvalue weighted by Crippen LogP contribution is -2.16. The first-order valence-corrected chi connectivity index (χ1v) is 12.8. The fourth-order valence-electron chi connectivity index (χ4n) is 3.53. The number of hydrogen-bond donors (Lipinski definition) is 2. The van der Waals surface area contributed by atoms with E-state index in [1.54, 1.807) is 44.2 Å². The van der Waals surface area contributed by atoms with Crippen molar-refractivity contribution in [3.8, 4) is 5.75 Å². The molecule has 8 nitrogen and oxygen atoms in total. The van der Waals surface area contributed by atoms with E-state index in [1.807, 2.05) is 30.3 Å². The number of rotatable bonds is 9. The fraction of sp³-hybridized carbons (Fsp3) is 0.148. The maximum atomic E-state index is 12.7. The van der Waals surface area contributed by atoms with Crippen LogP contribution in [0.2, 0.25) is 0 Å². The molecule has 184 valence electrons. The molecule has 0 aliphatic carbocycles. The number of benzene rings is 3. The molecule has 3 aromatic carbocycles. The Balaban J connectivity index is 1.37. The van der Waals surface area contributed by atoms with Gasteiger partial charge in [0, 0.05) is 29.1 Å². The second-order valence-corrected chi connectivity index (χ2v) is 9.85. The van der Waals surface area contributed by atoms with Gasteiger partial charge in [-0.1, -0.05) is 36.4 Å². The van der Waals surface area contributed by atoms with E-state index in [2.05, 4.69) is 20.0 Å². The van der Waals surface area contributed by atoms with Gasteiger partial charge < -0.3 is 10.1 Å². The molecule has 0 fully saturated rings. The third kappa shape index (κ3) is 6.67. The molecule has 0 saturated carbocycles. The summed E-state index contributed by atoms with van der Waals surface area (Å²) < 4.78 is 33.6. The molecule has 0 radical (unpaired) electrons. The van der Waals surface area contributed by atoms with Crippen LogP contribution in [0.4, 0.5) is 11.6 Å². The molecule has 0 atom stereocenters. The van der Waals surface area contributed by atoms with Crippen LogP contribution in [0.25, 0.3) is 0 Å². The normalized spacial score (nSPS) is 11.1. The number of carbonyl (C=O) groups excluding carboxylic acids is 1. The van der Waals surface area contributed by atoms with Gasteiger partial charge in [0.15, 0.2) is 0 Å². The Morgan fingerprint density at radius 3 is 2.25 bits per heavy atom. The average molecular weight is 503 g/mol. The van der Waals surface area contributed by atoms with E-state index in [-0.39, 0.29) is 16.8 Å². The molecule has 0 aliphatic rings. The molecule has 0 saturated heterocycles. The lowest BCUT2D eigenvalue weighted by molar-refractivity contribution is 0.102. The number of hydrogen-bond acceptors (Lipinski definition) is 6. The predicted octanol–water partition coefficient (Wildman–Crippen LogP) is 4.77. The SMILES string of the molecule is Cc1cc(C)nc(NS(=O)(=O)c2ccc(NC(=O)c3cccc(OCCc4ccccc4)c3)cc2)n1. The van der Waals surface area contributed by atoms with Crippen LogP contribution in [0.3, 0.4) is 0 Å². The molecule has 2 N–H and O–H groups in total. The summed E-state index contributed by atoms with van der Waals surface area (Å²) in [7, 11) is -3.88. The number of aryl methyl sites for hydroxylation is 2. The number of carbonyl (C=O) groups is 1. The average Bonchev–Trinajstić information content (AvgIpc) is 2.84. The number of anilines is 2. The smallest absolute Gasteiger partial charge is 0.264 e. The highest BCUT2D eigenvalue weighted by Crippen LogP contribution is 2.19. The summed E-state index contributed by atoms with van der Waals surface area (Å²) in [6.45, 7) is 4.01. The molecular formula is C27H26N4O4S. The van der Waals surface area contributed by atoms with Gasteiger partial charge >= 0.3 is 0 Å². The monoisotopic (exact) mass is 502 g/mol. The summed E-state index contributed by atoms with van der Waals surface area (Å²) in [6.07, 6.45) is 0.761. The number of ether oxygens (including phenoxy) is 1.